The molecule has 0 aromatic heterocycles. The van der Waals surface area contributed by atoms with E-state index in [4.69, 9.17) is 17.7 Å². The molecule has 4 nitrogen and oxygen atoms in total. The Bertz CT molecular complexity index is 517. The molecule has 0 aromatic carbocycles. The summed E-state index contributed by atoms with van der Waals surface area (Å²) in [5, 5.41) is -0.148. The van der Waals surface area contributed by atoms with Crippen LogP contribution < -0.4 is 0 Å². The molecule has 0 saturated carbocycles. The fourth-order valence-corrected chi connectivity index (χ4v) is 13.0. The van der Waals surface area contributed by atoms with E-state index in [1.165, 1.54) is 0 Å². The van der Waals surface area contributed by atoms with Gasteiger partial charge in [-0.2, -0.15) is 0 Å². The van der Waals surface area contributed by atoms with Crippen molar-refractivity contribution in [2.24, 2.45) is 0 Å². The van der Waals surface area contributed by atoms with E-state index in [-0.39, 0.29) is 32.5 Å². The number of rotatable bonds is 8. The summed E-state index contributed by atoms with van der Waals surface area (Å²) in [5.74, 6) is 0. The number of hydrogen-bond acceptors (Lipinski definition) is 4. The topological polar surface area (TPSA) is 36.9 Å². The molecule has 200 valence electrons. The van der Waals surface area contributed by atoms with E-state index in [0.717, 1.165) is 18.5 Å². The molecule has 0 bridgehead atoms. The molecule has 0 spiro atoms. The zero-order valence-electron chi connectivity index (χ0n) is 25.8. The molecular weight excluding hydrogens is 444 g/mol. The molecule has 0 saturated heterocycles. The smallest absolute Gasteiger partial charge is 0.344 e. The predicted molar refractivity (Wildman–Crippen MR) is 149 cm³/mol. The minimum atomic E-state index is -2.63. The second kappa shape index (κ2) is 10.3. The zero-order chi connectivity index (χ0) is 26.9. The third kappa shape index (κ3) is 11.7. The molecule has 0 rings (SSSR count). The van der Waals surface area contributed by atoms with E-state index in [2.05, 4.69) is 125 Å². The highest BCUT2D eigenvalue weighted by Gasteiger charge is 2.56. The summed E-state index contributed by atoms with van der Waals surface area (Å²) in [6.45, 7) is 39.4. The molecule has 33 heavy (non-hydrogen) atoms. The molecule has 0 aromatic rings. The second-order valence-corrected chi connectivity index (χ2v) is 23.5. The average Bonchev–Trinajstić information content (AvgIpc) is 2.36. The molecule has 0 amide bonds. The maximum absolute atomic E-state index is 6.92. The fourth-order valence-electron chi connectivity index (χ4n) is 4.14. The highest BCUT2D eigenvalue weighted by molar-refractivity contribution is 6.72. The lowest BCUT2D eigenvalue weighted by atomic mass is 10.2. The van der Waals surface area contributed by atoms with Crippen molar-refractivity contribution in [3.8, 4) is 0 Å². The SMILES string of the molecule is CC(C)(C)O[Si](CCC[Si](OC(C)(C)C)(OC(C)(C)C)C(C)(C)C)(OC(C)(C)C)C(C)(C)C. The first-order valence-electron chi connectivity index (χ1n) is 12.8. The molecule has 0 radical (unpaired) electrons. The van der Waals surface area contributed by atoms with Gasteiger partial charge in [-0.25, -0.2) is 0 Å². The maximum atomic E-state index is 6.92. The van der Waals surface area contributed by atoms with Crippen LogP contribution in [0.1, 0.15) is 131 Å². The highest BCUT2D eigenvalue weighted by Crippen LogP contribution is 2.49. The molecule has 0 atom stereocenters. The third-order valence-electron chi connectivity index (χ3n) is 5.18. The van der Waals surface area contributed by atoms with Crippen molar-refractivity contribution in [3.63, 3.8) is 0 Å². The summed E-state index contributed by atoms with van der Waals surface area (Å²) in [7, 11) is -5.27. The molecule has 0 aliphatic carbocycles. The molecule has 0 unspecified atom stereocenters. The van der Waals surface area contributed by atoms with Gasteiger partial charge in [-0.3, -0.25) is 0 Å². The quantitative estimate of drug-likeness (QED) is 0.309. The normalized spacial score (nSPS) is 15.8. The van der Waals surface area contributed by atoms with Gasteiger partial charge >= 0.3 is 17.1 Å². The van der Waals surface area contributed by atoms with Crippen molar-refractivity contribution >= 4 is 17.1 Å². The van der Waals surface area contributed by atoms with Gasteiger partial charge in [0.1, 0.15) is 0 Å². The first-order valence-corrected chi connectivity index (χ1v) is 16.9. The molecule has 0 heterocycles. The first kappa shape index (κ1) is 33.3. The van der Waals surface area contributed by atoms with Gasteiger partial charge in [-0.05, 0) is 102 Å². The Balaban J connectivity index is 6.34. The monoisotopic (exact) mass is 504 g/mol. The van der Waals surface area contributed by atoms with E-state index in [0.29, 0.717) is 0 Å². The minimum absolute atomic E-state index is 0.0741. The summed E-state index contributed by atoms with van der Waals surface area (Å²) < 4.78 is 27.7. The summed E-state index contributed by atoms with van der Waals surface area (Å²) >= 11 is 0. The third-order valence-corrected chi connectivity index (χ3v) is 15.5. The van der Waals surface area contributed by atoms with Gasteiger partial charge in [0.15, 0.2) is 0 Å². The van der Waals surface area contributed by atoms with Gasteiger partial charge in [0, 0.05) is 10.1 Å². The fraction of sp³-hybridized carbons (Fsp3) is 1.00. The average molecular weight is 505 g/mol. The lowest BCUT2D eigenvalue weighted by molar-refractivity contribution is -0.000616. The summed E-state index contributed by atoms with van der Waals surface area (Å²) in [6, 6.07) is 1.83. The van der Waals surface area contributed by atoms with Crippen LogP contribution in [0.25, 0.3) is 0 Å². The van der Waals surface area contributed by atoms with Gasteiger partial charge < -0.3 is 17.7 Å². The Hall–Kier alpha value is 0.274. The van der Waals surface area contributed by atoms with E-state index < -0.39 is 17.1 Å². The molecule has 0 aliphatic rings. The number of hydrogen-bond donors (Lipinski definition) is 0. The predicted octanol–water partition coefficient (Wildman–Crippen LogP) is 9.12. The lowest BCUT2D eigenvalue weighted by Gasteiger charge is -2.50. The van der Waals surface area contributed by atoms with E-state index in [1.54, 1.807) is 0 Å². The van der Waals surface area contributed by atoms with E-state index in [9.17, 15) is 0 Å². The van der Waals surface area contributed by atoms with Crippen LogP contribution in [0.15, 0.2) is 0 Å². The van der Waals surface area contributed by atoms with Crippen LogP contribution in [0.5, 0.6) is 0 Å². The van der Waals surface area contributed by atoms with Gasteiger partial charge in [0.05, 0.1) is 22.4 Å². The molecule has 0 N–H and O–H groups in total. The largest absolute Gasteiger partial charge is 0.389 e. The van der Waals surface area contributed by atoms with Crippen LogP contribution >= 0.6 is 0 Å². The highest BCUT2D eigenvalue weighted by atomic mass is 28.4. The van der Waals surface area contributed by atoms with Crippen LogP contribution in [-0.2, 0) is 17.7 Å². The lowest BCUT2D eigenvalue weighted by Crippen LogP contribution is -2.59. The van der Waals surface area contributed by atoms with E-state index in [1.807, 2.05) is 0 Å². The van der Waals surface area contributed by atoms with Crippen molar-refractivity contribution in [2.45, 2.75) is 176 Å². The van der Waals surface area contributed by atoms with Crippen LogP contribution in [0, 0.1) is 0 Å². The van der Waals surface area contributed by atoms with Gasteiger partial charge in [-0.1, -0.05) is 41.5 Å². The Morgan fingerprint density at radius 3 is 0.667 bits per heavy atom. The van der Waals surface area contributed by atoms with Crippen molar-refractivity contribution in [1.82, 2.24) is 0 Å². The first-order chi connectivity index (χ1) is 14.0. The van der Waals surface area contributed by atoms with Gasteiger partial charge in [0.2, 0.25) is 0 Å². The van der Waals surface area contributed by atoms with Crippen LogP contribution in [0.2, 0.25) is 22.2 Å². The van der Waals surface area contributed by atoms with Crippen LogP contribution in [0.3, 0.4) is 0 Å². The van der Waals surface area contributed by atoms with Crippen LogP contribution in [0.4, 0.5) is 0 Å². The van der Waals surface area contributed by atoms with Crippen molar-refractivity contribution in [1.29, 1.82) is 0 Å². The summed E-state index contributed by atoms with van der Waals surface area (Å²) in [6.07, 6.45) is 0.964. The molecule has 0 aliphatic heterocycles. The van der Waals surface area contributed by atoms with Gasteiger partial charge in [0.25, 0.3) is 0 Å². The van der Waals surface area contributed by atoms with Crippen LogP contribution in [-0.4, -0.2) is 39.5 Å². The minimum Gasteiger partial charge on any atom is -0.389 e. The van der Waals surface area contributed by atoms with Gasteiger partial charge in [-0.15, -0.1) is 0 Å². The Morgan fingerprint density at radius 2 is 0.545 bits per heavy atom. The van der Waals surface area contributed by atoms with Crippen molar-refractivity contribution in [3.05, 3.63) is 0 Å². The Morgan fingerprint density at radius 1 is 0.364 bits per heavy atom. The summed E-state index contributed by atoms with van der Waals surface area (Å²) in [5.41, 5.74) is -1.08. The molecule has 6 heteroatoms. The Labute approximate surface area is 210 Å². The van der Waals surface area contributed by atoms with E-state index >= 15 is 0 Å². The maximum Gasteiger partial charge on any atom is 0.344 e. The molecule has 0 fully saturated rings. The standard InChI is InChI=1S/C27H60O4Si2/c1-22(2,3)28-32(26(13,14)15,29-23(4,5)6)20-19-21-33(27(16,17)18,30-24(7,8)9)31-25(10,11)12/h19-21H2,1-18H3. The summed E-state index contributed by atoms with van der Waals surface area (Å²) in [4.78, 5) is 0. The second-order valence-electron chi connectivity index (χ2n) is 15.7. The zero-order valence-corrected chi connectivity index (χ0v) is 27.8. The Kier molecular flexibility index (Phi) is 10.4. The van der Waals surface area contributed by atoms with Crippen molar-refractivity contribution in [2.75, 3.05) is 0 Å². The van der Waals surface area contributed by atoms with Crippen molar-refractivity contribution < 1.29 is 17.7 Å². The molecular formula is C27H60O4Si2.